The number of aromatic nitrogens is 3. The molecular weight excluding hydrogens is 244 g/mol. The second-order valence-electron chi connectivity index (χ2n) is 4.02. The molecule has 0 saturated carbocycles. The Morgan fingerprint density at radius 3 is 3.00 bits per heavy atom. The number of hydrogen-bond acceptors (Lipinski definition) is 5. The van der Waals surface area contributed by atoms with Gasteiger partial charge in [-0.1, -0.05) is 6.07 Å². The summed E-state index contributed by atoms with van der Waals surface area (Å²) in [5.74, 6) is -0.257. The van der Waals surface area contributed by atoms with Gasteiger partial charge < -0.3 is 11.1 Å². The molecule has 7 nitrogen and oxygen atoms in total. The van der Waals surface area contributed by atoms with Gasteiger partial charge in [0, 0.05) is 0 Å². The minimum absolute atomic E-state index is 0.0258. The van der Waals surface area contributed by atoms with Crippen LogP contribution in [0.25, 0.3) is 0 Å². The van der Waals surface area contributed by atoms with Crippen LogP contribution in [0.15, 0.2) is 24.5 Å². The lowest BCUT2D eigenvalue weighted by molar-refractivity contribution is -0.116. The summed E-state index contributed by atoms with van der Waals surface area (Å²) in [5.41, 5.74) is 7.87. The van der Waals surface area contributed by atoms with Crippen LogP contribution in [0.1, 0.15) is 11.4 Å². The molecule has 0 aliphatic carbocycles. The van der Waals surface area contributed by atoms with Crippen molar-refractivity contribution in [2.45, 2.75) is 13.5 Å². The first-order chi connectivity index (χ1) is 9.08. The maximum absolute atomic E-state index is 11.8. The minimum Gasteiger partial charge on any atom is -0.397 e. The number of hydrogen-bond donors (Lipinski definition) is 2. The highest BCUT2D eigenvalue weighted by Crippen LogP contribution is 2.19. The van der Waals surface area contributed by atoms with Gasteiger partial charge in [0.25, 0.3) is 5.82 Å². The molecule has 19 heavy (non-hydrogen) atoms. The van der Waals surface area contributed by atoms with E-state index < -0.39 is 0 Å². The number of aryl methyl sites for hydroxylation is 1. The van der Waals surface area contributed by atoms with Crippen LogP contribution in [-0.2, 0) is 11.3 Å². The Morgan fingerprint density at radius 1 is 1.58 bits per heavy atom. The summed E-state index contributed by atoms with van der Waals surface area (Å²) in [6.45, 7) is 1.89. The zero-order chi connectivity index (χ0) is 13.8. The van der Waals surface area contributed by atoms with Gasteiger partial charge in [-0.25, -0.2) is 9.67 Å². The van der Waals surface area contributed by atoms with Gasteiger partial charge in [0.1, 0.15) is 18.9 Å². The maximum atomic E-state index is 11.8. The number of carbonyl (C=O) groups excluding carboxylic acids is 1. The molecule has 0 unspecified atom stereocenters. The Bertz CT molecular complexity index is 654. The lowest BCUT2D eigenvalue weighted by Gasteiger charge is -2.08. The zero-order valence-electron chi connectivity index (χ0n) is 10.3. The van der Waals surface area contributed by atoms with Crippen molar-refractivity contribution >= 4 is 17.3 Å². The van der Waals surface area contributed by atoms with Gasteiger partial charge in [0.2, 0.25) is 5.91 Å². The molecule has 96 valence electrons. The lowest BCUT2D eigenvalue weighted by atomic mass is 10.2. The number of benzene rings is 1. The Labute approximate surface area is 109 Å². The van der Waals surface area contributed by atoms with Gasteiger partial charge >= 0.3 is 0 Å². The van der Waals surface area contributed by atoms with E-state index in [9.17, 15) is 4.79 Å². The Hall–Kier alpha value is -2.88. The number of nitrogens with zero attached hydrogens (tertiary/aromatic N) is 4. The monoisotopic (exact) mass is 256 g/mol. The summed E-state index contributed by atoms with van der Waals surface area (Å²) >= 11 is 0. The molecule has 0 aliphatic rings. The molecule has 3 N–H and O–H groups in total. The van der Waals surface area contributed by atoms with Crippen molar-refractivity contribution in [3.8, 4) is 6.07 Å². The second-order valence-corrected chi connectivity index (χ2v) is 4.02. The van der Waals surface area contributed by atoms with E-state index in [1.165, 1.54) is 11.0 Å². The molecule has 0 spiro atoms. The first-order valence-electron chi connectivity index (χ1n) is 5.54. The van der Waals surface area contributed by atoms with E-state index in [4.69, 9.17) is 11.0 Å². The van der Waals surface area contributed by atoms with E-state index in [1.807, 2.05) is 13.0 Å². The third-order valence-electron chi connectivity index (χ3n) is 2.42. The SMILES string of the molecule is Cc1ccc(NC(=O)Cn2cnc(C#N)n2)c(N)c1. The first kappa shape index (κ1) is 12.6. The van der Waals surface area contributed by atoms with Crippen molar-refractivity contribution in [1.82, 2.24) is 14.8 Å². The summed E-state index contributed by atoms with van der Waals surface area (Å²) in [7, 11) is 0. The number of rotatable bonds is 3. The highest BCUT2D eigenvalue weighted by atomic mass is 16.2. The molecule has 1 amide bonds. The van der Waals surface area contributed by atoms with Crippen molar-refractivity contribution in [3.05, 3.63) is 35.9 Å². The molecule has 2 rings (SSSR count). The van der Waals surface area contributed by atoms with Gasteiger partial charge in [-0.2, -0.15) is 5.26 Å². The van der Waals surface area contributed by atoms with Crippen LogP contribution in [0.5, 0.6) is 0 Å². The Morgan fingerprint density at radius 2 is 2.37 bits per heavy atom. The molecule has 0 aliphatic heterocycles. The number of nitrogens with one attached hydrogen (secondary N) is 1. The fourth-order valence-electron chi connectivity index (χ4n) is 1.55. The minimum atomic E-state index is -0.287. The number of nitrogen functional groups attached to an aromatic ring is 1. The van der Waals surface area contributed by atoms with E-state index in [2.05, 4.69) is 15.4 Å². The summed E-state index contributed by atoms with van der Waals surface area (Å²) in [4.78, 5) is 15.5. The Kier molecular flexibility index (Phi) is 3.43. The third kappa shape index (κ3) is 3.07. The molecule has 0 bridgehead atoms. The van der Waals surface area contributed by atoms with E-state index >= 15 is 0 Å². The quantitative estimate of drug-likeness (QED) is 0.785. The van der Waals surface area contributed by atoms with Crippen molar-refractivity contribution < 1.29 is 4.79 Å². The van der Waals surface area contributed by atoms with Crippen LogP contribution in [0.2, 0.25) is 0 Å². The largest absolute Gasteiger partial charge is 0.397 e. The van der Waals surface area contributed by atoms with Gasteiger partial charge in [-0.3, -0.25) is 4.79 Å². The molecule has 1 aromatic heterocycles. The fraction of sp³-hybridized carbons (Fsp3) is 0.167. The van der Waals surface area contributed by atoms with Crippen molar-refractivity contribution in [1.29, 1.82) is 5.26 Å². The van der Waals surface area contributed by atoms with E-state index in [0.717, 1.165) is 5.56 Å². The number of amides is 1. The molecule has 1 aromatic carbocycles. The van der Waals surface area contributed by atoms with Crippen LogP contribution in [-0.4, -0.2) is 20.7 Å². The third-order valence-corrected chi connectivity index (χ3v) is 2.42. The molecule has 0 fully saturated rings. The average molecular weight is 256 g/mol. The van der Waals surface area contributed by atoms with Crippen LogP contribution in [0.4, 0.5) is 11.4 Å². The predicted molar refractivity (Wildman–Crippen MR) is 69.0 cm³/mol. The number of nitriles is 1. The number of nitrogens with two attached hydrogens (primary N) is 1. The lowest BCUT2D eigenvalue weighted by Crippen LogP contribution is -2.19. The average Bonchev–Trinajstić information content (AvgIpc) is 2.80. The van der Waals surface area contributed by atoms with Crippen molar-refractivity contribution in [2.75, 3.05) is 11.1 Å². The highest BCUT2D eigenvalue weighted by molar-refractivity contribution is 5.93. The fourth-order valence-corrected chi connectivity index (χ4v) is 1.55. The molecule has 0 atom stereocenters. The number of anilines is 2. The van der Waals surface area contributed by atoms with Gasteiger partial charge in [0.05, 0.1) is 11.4 Å². The summed E-state index contributed by atoms with van der Waals surface area (Å²) in [5, 5.41) is 15.1. The summed E-state index contributed by atoms with van der Waals surface area (Å²) in [6.07, 6.45) is 1.33. The highest BCUT2D eigenvalue weighted by Gasteiger charge is 2.08. The predicted octanol–water partition coefficient (Wildman–Crippen LogP) is 0.679. The van der Waals surface area contributed by atoms with Gasteiger partial charge in [-0.15, -0.1) is 5.10 Å². The normalized spacial score (nSPS) is 9.89. The maximum Gasteiger partial charge on any atom is 0.252 e. The van der Waals surface area contributed by atoms with E-state index in [1.54, 1.807) is 18.2 Å². The first-order valence-corrected chi connectivity index (χ1v) is 5.54. The molecule has 0 saturated heterocycles. The van der Waals surface area contributed by atoms with Gasteiger partial charge in [0.15, 0.2) is 0 Å². The van der Waals surface area contributed by atoms with Crippen molar-refractivity contribution in [3.63, 3.8) is 0 Å². The smallest absolute Gasteiger partial charge is 0.252 e. The van der Waals surface area contributed by atoms with Crippen LogP contribution in [0.3, 0.4) is 0 Å². The summed E-state index contributed by atoms with van der Waals surface area (Å²) in [6, 6.07) is 7.16. The van der Waals surface area contributed by atoms with Crippen LogP contribution >= 0.6 is 0 Å². The van der Waals surface area contributed by atoms with E-state index in [0.29, 0.717) is 11.4 Å². The zero-order valence-corrected chi connectivity index (χ0v) is 10.3. The second kappa shape index (κ2) is 5.18. The summed E-state index contributed by atoms with van der Waals surface area (Å²) < 4.78 is 1.29. The van der Waals surface area contributed by atoms with E-state index in [-0.39, 0.29) is 18.3 Å². The molecule has 0 radical (unpaired) electrons. The Balaban J connectivity index is 2.03. The number of carbonyl (C=O) groups is 1. The molecule has 7 heteroatoms. The molecule has 1 heterocycles. The molecular formula is C12H12N6O. The van der Waals surface area contributed by atoms with Crippen molar-refractivity contribution in [2.24, 2.45) is 0 Å². The standard InChI is InChI=1S/C12H12N6O/c1-8-2-3-10(9(14)4-8)16-12(19)6-18-7-15-11(5-13)17-18/h2-4,7H,6,14H2,1H3,(H,16,19). The van der Waals surface area contributed by atoms with Crippen LogP contribution in [0, 0.1) is 18.3 Å². The molecule has 2 aromatic rings. The topological polar surface area (TPSA) is 110 Å². The van der Waals surface area contributed by atoms with Gasteiger partial charge in [-0.05, 0) is 24.6 Å². The van der Waals surface area contributed by atoms with Crippen LogP contribution < -0.4 is 11.1 Å².